The number of phenolic OH excluding ortho intramolecular Hbond substituents is 1. The average molecular weight is 288 g/mol. The van der Waals surface area contributed by atoms with Crippen molar-refractivity contribution in [1.82, 2.24) is 10.2 Å². The van der Waals surface area contributed by atoms with Gasteiger partial charge >= 0.3 is 0 Å². The number of aromatic hydroxyl groups is 1. The zero-order valence-corrected chi connectivity index (χ0v) is 12.2. The zero-order chi connectivity index (χ0) is 15.2. The highest BCUT2D eigenvalue weighted by Crippen LogP contribution is 2.29. The van der Waals surface area contributed by atoms with E-state index in [9.17, 15) is 9.90 Å². The van der Waals surface area contributed by atoms with E-state index in [0.29, 0.717) is 17.7 Å². The quantitative estimate of drug-likeness (QED) is 0.615. The number of H-pyrrole nitrogens is 1. The van der Waals surface area contributed by atoms with Crippen LogP contribution in [0.3, 0.4) is 0 Å². The number of carbonyl (C=O) groups is 1. The Kier molecular flexibility index (Phi) is 4.81. The molecule has 0 saturated heterocycles. The summed E-state index contributed by atoms with van der Waals surface area (Å²) in [5.41, 5.74) is 2.23. The number of nitrogens with zero attached hydrogens (tertiary/aromatic N) is 1. The fourth-order valence-electron chi connectivity index (χ4n) is 2.09. The van der Waals surface area contributed by atoms with Gasteiger partial charge in [-0.3, -0.25) is 9.89 Å². The van der Waals surface area contributed by atoms with Gasteiger partial charge in [-0.2, -0.15) is 5.10 Å². The van der Waals surface area contributed by atoms with Gasteiger partial charge in [0.05, 0.1) is 17.9 Å². The first-order valence-electron chi connectivity index (χ1n) is 6.98. The van der Waals surface area contributed by atoms with Crippen molar-refractivity contribution in [3.05, 3.63) is 36.2 Å². The molecule has 1 atom stereocenters. The van der Waals surface area contributed by atoms with Crippen LogP contribution in [0.25, 0.3) is 0 Å². The third-order valence-corrected chi connectivity index (χ3v) is 3.14. The standard InChI is InChI=1S/C15H20N4O2/c1-3-4-15(21)19-11-5-6-14(20)13(7-11)10(2)18-12-8-16-17-9-12/h5-10,18,20H,3-4H2,1-2H3,(H,16,17)(H,19,21). The van der Waals surface area contributed by atoms with Gasteiger partial charge in [0.2, 0.25) is 5.91 Å². The Balaban J connectivity index is 2.12. The van der Waals surface area contributed by atoms with Crippen LogP contribution in [-0.4, -0.2) is 21.2 Å². The van der Waals surface area contributed by atoms with Crippen LogP contribution in [0, 0.1) is 0 Å². The number of rotatable bonds is 6. The summed E-state index contributed by atoms with van der Waals surface area (Å²) in [5.74, 6) is 0.163. The Bertz CT molecular complexity index is 596. The van der Waals surface area contributed by atoms with Crippen molar-refractivity contribution in [2.24, 2.45) is 0 Å². The molecule has 4 N–H and O–H groups in total. The van der Waals surface area contributed by atoms with Gasteiger partial charge in [-0.15, -0.1) is 0 Å². The molecule has 6 heteroatoms. The van der Waals surface area contributed by atoms with E-state index < -0.39 is 0 Å². The Labute approximate surface area is 123 Å². The van der Waals surface area contributed by atoms with Crippen LogP contribution < -0.4 is 10.6 Å². The number of carbonyl (C=O) groups excluding carboxylic acids is 1. The number of hydrogen-bond donors (Lipinski definition) is 4. The van der Waals surface area contributed by atoms with Gasteiger partial charge in [0.1, 0.15) is 5.75 Å². The maximum absolute atomic E-state index is 11.6. The molecule has 6 nitrogen and oxygen atoms in total. The van der Waals surface area contributed by atoms with E-state index in [4.69, 9.17) is 0 Å². The predicted molar refractivity (Wildman–Crippen MR) is 82.3 cm³/mol. The molecule has 0 aliphatic heterocycles. The zero-order valence-electron chi connectivity index (χ0n) is 12.2. The third-order valence-electron chi connectivity index (χ3n) is 3.14. The fraction of sp³-hybridized carbons (Fsp3) is 0.333. The topological polar surface area (TPSA) is 90.0 Å². The van der Waals surface area contributed by atoms with Crippen LogP contribution in [0.4, 0.5) is 11.4 Å². The monoisotopic (exact) mass is 288 g/mol. The Hall–Kier alpha value is -2.50. The summed E-state index contributed by atoms with van der Waals surface area (Å²) in [6, 6.07) is 4.94. The van der Waals surface area contributed by atoms with Crippen molar-refractivity contribution in [2.75, 3.05) is 10.6 Å². The summed E-state index contributed by atoms with van der Waals surface area (Å²) in [7, 11) is 0. The molecular formula is C15H20N4O2. The largest absolute Gasteiger partial charge is 0.508 e. The van der Waals surface area contributed by atoms with Crippen LogP contribution in [-0.2, 0) is 4.79 Å². The van der Waals surface area contributed by atoms with Gasteiger partial charge in [-0.25, -0.2) is 0 Å². The van der Waals surface area contributed by atoms with Gasteiger partial charge in [0.15, 0.2) is 0 Å². The highest BCUT2D eigenvalue weighted by Gasteiger charge is 2.12. The molecule has 1 unspecified atom stereocenters. The van der Waals surface area contributed by atoms with Crippen molar-refractivity contribution < 1.29 is 9.90 Å². The van der Waals surface area contributed by atoms with E-state index in [1.807, 2.05) is 13.8 Å². The summed E-state index contributed by atoms with van der Waals surface area (Å²) in [6.07, 6.45) is 4.69. The van der Waals surface area contributed by atoms with Crippen LogP contribution in [0.5, 0.6) is 5.75 Å². The lowest BCUT2D eigenvalue weighted by Crippen LogP contribution is -2.12. The normalized spacial score (nSPS) is 11.9. The number of benzene rings is 1. The third kappa shape index (κ3) is 3.98. The van der Waals surface area contributed by atoms with Crippen molar-refractivity contribution in [3.8, 4) is 5.75 Å². The van der Waals surface area contributed by atoms with Crippen molar-refractivity contribution in [2.45, 2.75) is 32.7 Å². The molecule has 0 spiro atoms. The van der Waals surface area contributed by atoms with Crippen molar-refractivity contribution >= 4 is 17.3 Å². The minimum Gasteiger partial charge on any atom is -0.508 e. The molecule has 0 saturated carbocycles. The fourth-order valence-corrected chi connectivity index (χ4v) is 2.09. The number of phenols is 1. The average Bonchev–Trinajstić information content (AvgIpc) is 2.94. The van der Waals surface area contributed by atoms with E-state index in [-0.39, 0.29) is 17.7 Å². The van der Waals surface area contributed by atoms with E-state index in [1.54, 1.807) is 30.6 Å². The van der Waals surface area contributed by atoms with Gasteiger partial charge in [0, 0.05) is 23.9 Å². The molecule has 1 aromatic carbocycles. The Morgan fingerprint density at radius 2 is 2.24 bits per heavy atom. The lowest BCUT2D eigenvalue weighted by molar-refractivity contribution is -0.116. The predicted octanol–water partition coefficient (Wildman–Crippen LogP) is 3.03. The molecule has 0 aliphatic rings. The molecule has 1 heterocycles. The second-order valence-corrected chi connectivity index (χ2v) is 4.92. The summed E-state index contributed by atoms with van der Waals surface area (Å²) < 4.78 is 0. The maximum Gasteiger partial charge on any atom is 0.224 e. The van der Waals surface area contributed by atoms with Gasteiger partial charge < -0.3 is 15.7 Å². The van der Waals surface area contributed by atoms with E-state index >= 15 is 0 Å². The first-order chi connectivity index (χ1) is 10.1. The number of nitrogens with one attached hydrogen (secondary N) is 3. The lowest BCUT2D eigenvalue weighted by Gasteiger charge is -2.17. The van der Waals surface area contributed by atoms with Crippen LogP contribution >= 0.6 is 0 Å². The van der Waals surface area contributed by atoms with Gasteiger partial charge in [-0.05, 0) is 31.5 Å². The van der Waals surface area contributed by atoms with Crippen molar-refractivity contribution in [1.29, 1.82) is 0 Å². The van der Waals surface area contributed by atoms with E-state index in [0.717, 1.165) is 12.1 Å². The van der Waals surface area contributed by atoms with E-state index in [2.05, 4.69) is 20.8 Å². The molecular weight excluding hydrogens is 268 g/mol. The van der Waals surface area contributed by atoms with Gasteiger partial charge in [-0.1, -0.05) is 6.92 Å². The minimum absolute atomic E-state index is 0.0235. The minimum atomic E-state index is -0.120. The summed E-state index contributed by atoms with van der Waals surface area (Å²) in [4.78, 5) is 11.6. The number of aromatic amines is 1. The lowest BCUT2D eigenvalue weighted by atomic mass is 10.1. The second-order valence-electron chi connectivity index (χ2n) is 4.92. The number of aromatic nitrogens is 2. The number of amides is 1. The van der Waals surface area contributed by atoms with Gasteiger partial charge in [0.25, 0.3) is 0 Å². The maximum atomic E-state index is 11.6. The number of hydrogen-bond acceptors (Lipinski definition) is 4. The summed E-state index contributed by atoms with van der Waals surface area (Å²) in [6.45, 7) is 3.89. The molecule has 2 aromatic rings. The summed E-state index contributed by atoms with van der Waals surface area (Å²) in [5, 5.41) is 22.6. The van der Waals surface area contributed by atoms with Crippen LogP contribution in [0.1, 0.15) is 38.3 Å². The molecule has 0 aliphatic carbocycles. The highest BCUT2D eigenvalue weighted by molar-refractivity contribution is 5.90. The Morgan fingerprint density at radius 3 is 2.90 bits per heavy atom. The molecule has 0 radical (unpaired) electrons. The molecule has 0 bridgehead atoms. The number of anilines is 2. The smallest absolute Gasteiger partial charge is 0.224 e. The SMILES string of the molecule is CCCC(=O)Nc1ccc(O)c(C(C)Nc2cn[nH]c2)c1. The highest BCUT2D eigenvalue weighted by atomic mass is 16.3. The molecule has 0 fully saturated rings. The first-order valence-corrected chi connectivity index (χ1v) is 6.98. The molecule has 2 rings (SSSR count). The summed E-state index contributed by atoms with van der Waals surface area (Å²) >= 11 is 0. The molecule has 1 amide bonds. The van der Waals surface area contributed by atoms with Crippen LogP contribution in [0.15, 0.2) is 30.6 Å². The Morgan fingerprint density at radius 1 is 1.43 bits per heavy atom. The van der Waals surface area contributed by atoms with Crippen molar-refractivity contribution in [3.63, 3.8) is 0 Å². The molecule has 112 valence electrons. The first kappa shape index (κ1) is 14.9. The second kappa shape index (κ2) is 6.78. The molecule has 21 heavy (non-hydrogen) atoms. The molecule has 1 aromatic heterocycles. The van der Waals surface area contributed by atoms with E-state index in [1.165, 1.54) is 0 Å². The van der Waals surface area contributed by atoms with Crippen LogP contribution in [0.2, 0.25) is 0 Å².